The molecule has 0 fully saturated rings. The molecular weight excluding hydrogens is 186 g/mol. The van der Waals surface area contributed by atoms with E-state index < -0.39 is 0 Å². The van der Waals surface area contributed by atoms with Gasteiger partial charge in [0.25, 0.3) is 0 Å². The number of hydrogen-bond donors (Lipinski definition) is 0. The first-order valence-electron chi connectivity index (χ1n) is 5.34. The van der Waals surface area contributed by atoms with Crippen LogP contribution < -0.4 is 4.74 Å². The van der Waals surface area contributed by atoms with Gasteiger partial charge in [0, 0.05) is 17.7 Å². The highest BCUT2D eigenvalue weighted by Gasteiger charge is 2.35. The van der Waals surface area contributed by atoms with E-state index in [-0.39, 0.29) is 11.0 Å². The van der Waals surface area contributed by atoms with Gasteiger partial charge in [0.1, 0.15) is 5.60 Å². The lowest BCUT2D eigenvalue weighted by Gasteiger charge is -2.38. The summed E-state index contributed by atoms with van der Waals surface area (Å²) in [5.41, 5.74) is 1.00. The van der Waals surface area contributed by atoms with Gasteiger partial charge in [0.2, 0.25) is 5.88 Å². The Bertz CT molecular complexity index is 319. The molecule has 84 valence electrons. The molecule has 0 bridgehead atoms. The second kappa shape index (κ2) is 3.84. The lowest BCUT2D eigenvalue weighted by Crippen LogP contribution is -2.42. The van der Waals surface area contributed by atoms with Crippen LogP contribution in [0.15, 0.2) is 18.3 Å². The number of nitrogens with zero attached hydrogens (tertiary/aromatic N) is 1. The van der Waals surface area contributed by atoms with Crippen LogP contribution in [0.2, 0.25) is 0 Å². The first-order valence-corrected chi connectivity index (χ1v) is 5.34. The summed E-state index contributed by atoms with van der Waals surface area (Å²) in [5, 5.41) is 0. The topological polar surface area (TPSA) is 22.1 Å². The SMILES string of the molecule is Cc1ccc(OC(C)(C)C(C)(C)C)nc1. The maximum Gasteiger partial charge on any atom is 0.213 e. The molecule has 0 saturated heterocycles. The van der Waals surface area contributed by atoms with Gasteiger partial charge in [-0.05, 0) is 26.3 Å². The van der Waals surface area contributed by atoms with Gasteiger partial charge in [0.05, 0.1) is 0 Å². The number of pyridine rings is 1. The number of ether oxygens (including phenoxy) is 1. The maximum absolute atomic E-state index is 5.91. The Balaban J connectivity index is 2.82. The molecule has 0 amide bonds. The molecular formula is C13H21NO. The second-order valence-electron chi connectivity index (χ2n) is 5.54. The van der Waals surface area contributed by atoms with Crippen molar-refractivity contribution in [3.8, 4) is 5.88 Å². The molecule has 15 heavy (non-hydrogen) atoms. The molecule has 0 N–H and O–H groups in total. The summed E-state index contributed by atoms with van der Waals surface area (Å²) in [7, 11) is 0. The van der Waals surface area contributed by atoms with Gasteiger partial charge >= 0.3 is 0 Å². The van der Waals surface area contributed by atoms with Gasteiger partial charge in [0.15, 0.2) is 0 Å². The second-order valence-corrected chi connectivity index (χ2v) is 5.54. The molecule has 2 nitrogen and oxygen atoms in total. The largest absolute Gasteiger partial charge is 0.471 e. The summed E-state index contributed by atoms with van der Waals surface area (Å²) in [5.74, 6) is 0.695. The minimum Gasteiger partial charge on any atom is -0.471 e. The predicted octanol–water partition coefficient (Wildman–Crippen LogP) is 3.59. The summed E-state index contributed by atoms with van der Waals surface area (Å²) < 4.78 is 5.91. The molecule has 1 aromatic heterocycles. The summed E-state index contributed by atoms with van der Waals surface area (Å²) in [4.78, 5) is 4.25. The molecule has 1 heterocycles. The zero-order valence-corrected chi connectivity index (χ0v) is 10.6. The molecule has 0 saturated carbocycles. The normalized spacial score (nSPS) is 12.7. The van der Waals surface area contributed by atoms with Crippen LogP contribution in [0.3, 0.4) is 0 Å². The first kappa shape index (κ1) is 12.0. The van der Waals surface area contributed by atoms with Crippen molar-refractivity contribution in [2.75, 3.05) is 0 Å². The quantitative estimate of drug-likeness (QED) is 0.739. The van der Waals surface area contributed by atoms with Crippen LogP contribution in [-0.2, 0) is 0 Å². The predicted molar refractivity (Wildman–Crippen MR) is 63.1 cm³/mol. The molecule has 0 aliphatic rings. The molecule has 0 radical (unpaired) electrons. The van der Waals surface area contributed by atoms with Gasteiger partial charge in [-0.2, -0.15) is 0 Å². The van der Waals surface area contributed by atoms with E-state index in [1.807, 2.05) is 25.3 Å². The molecule has 0 spiro atoms. The standard InChI is InChI=1S/C13H21NO/c1-10-7-8-11(14-9-10)15-13(5,6)12(2,3)4/h7-9H,1-6H3. The molecule has 0 aromatic carbocycles. The molecule has 0 atom stereocenters. The fourth-order valence-electron chi connectivity index (χ4n) is 0.929. The Morgan fingerprint density at radius 2 is 1.67 bits per heavy atom. The van der Waals surface area contributed by atoms with Crippen molar-refractivity contribution in [1.82, 2.24) is 4.98 Å². The van der Waals surface area contributed by atoms with Crippen molar-refractivity contribution in [3.05, 3.63) is 23.9 Å². The average Bonchev–Trinajstić information content (AvgIpc) is 2.06. The van der Waals surface area contributed by atoms with E-state index in [0.29, 0.717) is 5.88 Å². The molecule has 0 aliphatic heterocycles. The average molecular weight is 207 g/mol. The lowest BCUT2D eigenvalue weighted by molar-refractivity contribution is -0.00294. The van der Waals surface area contributed by atoms with Crippen molar-refractivity contribution in [2.45, 2.75) is 47.1 Å². The van der Waals surface area contributed by atoms with E-state index in [1.54, 1.807) is 0 Å². The van der Waals surface area contributed by atoms with Crippen LogP contribution in [-0.4, -0.2) is 10.6 Å². The highest BCUT2D eigenvalue weighted by atomic mass is 16.5. The number of rotatable bonds is 2. The molecule has 1 rings (SSSR count). The molecule has 0 aliphatic carbocycles. The van der Waals surface area contributed by atoms with Crippen molar-refractivity contribution in [3.63, 3.8) is 0 Å². The van der Waals surface area contributed by atoms with Crippen molar-refractivity contribution in [2.24, 2.45) is 5.41 Å². The highest BCUT2D eigenvalue weighted by molar-refractivity contribution is 5.17. The van der Waals surface area contributed by atoms with E-state index in [1.165, 1.54) is 0 Å². The fraction of sp³-hybridized carbons (Fsp3) is 0.615. The Labute approximate surface area is 92.7 Å². The van der Waals surface area contributed by atoms with Gasteiger partial charge in [-0.3, -0.25) is 0 Å². The Morgan fingerprint density at radius 3 is 2.07 bits per heavy atom. The van der Waals surface area contributed by atoms with Crippen LogP contribution in [0.5, 0.6) is 5.88 Å². The van der Waals surface area contributed by atoms with Gasteiger partial charge in [-0.25, -0.2) is 4.98 Å². The van der Waals surface area contributed by atoms with Gasteiger partial charge in [-0.15, -0.1) is 0 Å². The van der Waals surface area contributed by atoms with Crippen molar-refractivity contribution < 1.29 is 4.74 Å². The number of aryl methyl sites for hydroxylation is 1. The molecule has 0 unspecified atom stereocenters. The maximum atomic E-state index is 5.91. The van der Waals surface area contributed by atoms with E-state index in [2.05, 4.69) is 39.6 Å². The minimum atomic E-state index is -0.227. The van der Waals surface area contributed by atoms with E-state index >= 15 is 0 Å². The van der Waals surface area contributed by atoms with Gasteiger partial charge < -0.3 is 4.74 Å². The van der Waals surface area contributed by atoms with Crippen LogP contribution in [0.1, 0.15) is 40.2 Å². The summed E-state index contributed by atoms with van der Waals surface area (Å²) in [6.45, 7) is 12.7. The Morgan fingerprint density at radius 1 is 1.07 bits per heavy atom. The van der Waals surface area contributed by atoms with E-state index in [0.717, 1.165) is 5.56 Å². The molecule has 2 heteroatoms. The van der Waals surface area contributed by atoms with Crippen LogP contribution in [0.25, 0.3) is 0 Å². The Kier molecular flexibility index (Phi) is 3.08. The number of hydrogen-bond acceptors (Lipinski definition) is 2. The van der Waals surface area contributed by atoms with Crippen molar-refractivity contribution >= 4 is 0 Å². The Hall–Kier alpha value is -1.05. The fourth-order valence-corrected chi connectivity index (χ4v) is 0.929. The summed E-state index contributed by atoms with van der Waals surface area (Å²) >= 11 is 0. The molecule has 1 aromatic rings. The zero-order valence-electron chi connectivity index (χ0n) is 10.6. The smallest absolute Gasteiger partial charge is 0.213 e. The summed E-state index contributed by atoms with van der Waals surface area (Å²) in [6, 6.07) is 3.93. The zero-order chi connectivity index (χ0) is 11.7. The van der Waals surface area contributed by atoms with E-state index in [9.17, 15) is 0 Å². The third-order valence-corrected chi connectivity index (χ3v) is 3.05. The number of aromatic nitrogens is 1. The lowest BCUT2D eigenvalue weighted by atomic mass is 9.79. The summed E-state index contributed by atoms with van der Waals surface area (Å²) in [6.07, 6.45) is 1.83. The van der Waals surface area contributed by atoms with Crippen LogP contribution in [0.4, 0.5) is 0 Å². The van der Waals surface area contributed by atoms with Crippen molar-refractivity contribution in [1.29, 1.82) is 0 Å². The van der Waals surface area contributed by atoms with Gasteiger partial charge in [-0.1, -0.05) is 26.8 Å². The van der Waals surface area contributed by atoms with Crippen LogP contribution >= 0.6 is 0 Å². The third kappa shape index (κ3) is 2.95. The monoisotopic (exact) mass is 207 g/mol. The highest BCUT2D eigenvalue weighted by Crippen LogP contribution is 2.33. The van der Waals surface area contributed by atoms with E-state index in [4.69, 9.17) is 4.74 Å². The third-order valence-electron chi connectivity index (χ3n) is 3.05. The van der Waals surface area contributed by atoms with Crippen LogP contribution in [0, 0.1) is 12.3 Å². The minimum absolute atomic E-state index is 0.0829. The first-order chi connectivity index (χ1) is 6.72.